The lowest BCUT2D eigenvalue weighted by atomic mass is 10.1. The second-order valence-electron chi connectivity index (χ2n) is 3.92. The number of fused-ring (bicyclic) bond motifs is 1. The third-order valence-corrected chi connectivity index (χ3v) is 3.44. The van der Waals surface area contributed by atoms with Crippen LogP contribution in [0.5, 0.6) is 0 Å². The fraction of sp³-hybridized carbons (Fsp3) is 0.273. The lowest BCUT2D eigenvalue weighted by Gasteiger charge is -2.18. The maximum absolute atomic E-state index is 13.7. The van der Waals surface area contributed by atoms with Gasteiger partial charge in [-0.2, -0.15) is 0 Å². The van der Waals surface area contributed by atoms with Gasteiger partial charge < -0.3 is 4.90 Å². The van der Waals surface area contributed by atoms with Crippen LogP contribution in [-0.4, -0.2) is 16.1 Å². The number of rotatable bonds is 2. The first-order valence-corrected chi connectivity index (χ1v) is 6.07. The van der Waals surface area contributed by atoms with Gasteiger partial charge in [-0.05, 0) is 30.1 Å². The van der Waals surface area contributed by atoms with Gasteiger partial charge in [0.05, 0.1) is 17.9 Å². The molecule has 0 spiro atoms. The Labute approximate surface area is 101 Å². The Morgan fingerprint density at radius 3 is 2.88 bits per heavy atom. The molecule has 0 saturated heterocycles. The van der Waals surface area contributed by atoms with Crippen LogP contribution in [0.1, 0.15) is 11.3 Å². The van der Waals surface area contributed by atoms with Crippen molar-refractivity contribution >= 4 is 17.2 Å². The third kappa shape index (κ3) is 1.78. The molecule has 88 valence electrons. The molecule has 17 heavy (non-hydrogen) atoms. The van der Waals surface area contributed by atoms with Gasteiger partial charge in [0, 0.05) is 17.5 Å². The first-order valence-electron chi connectivity index (χ1n) is 5.23. The third-order valence-electron chi connectivity index (χ3n) is 2.88. The highest BCUT2D eigenvalue weighted by molar-refractivity contribution is 7.03. The average Bonchev–Trinajstić information content (AvgIpc) is 2.94. The molecule has 1 aliphatic rings. The van der Waals surface area contributed by atoms with E-state index >= 15 is 0 Å². The van der Waals surface area contributed by atoms with Crippen molar-refractivity contribution in [1.29, 1.82) is 0 Å². The molecule has 0 bridgehead atoms. The second-order valence-corrected chi connectivity index (χ2v) is 4.53. The van der Waals surface area contributed by atoms with Crippen molar-refractivity contribution in [3.63, 3.8) is 0 Å². The largest absolute Gasteiger partial charge is 0.363 e. The van der Waals surface area contributed by atoms with Crippen molar-refractivity contribution in [1.82, 2.24) is 9.59 Å². The summed E-state index contributed by atoms with van der Waals surface area (Å²) in [4.78, 5) is 1.81. The van der Waals surface area contributed by atoms with Gasteiger partial charge in [-0.25, -0.2) is 8.78 Å². The van der Waals surface area contributed by atoms with Gasteiger partial charge in [0.2, 0.25) is 0 Å². The molecule has 2 aromatic rings. The predicted molar refractivity (Wildman–Crippen MR) is 61.0 cm³/mol. The summed E-state index contributed by atoms with van der Waals surface area (Å²) >= 11 is 1.26. The Bertz CT molecular complexity index is 542. The van der Waals surface area contributed by atoms with E-state index in [-0.39, 0.29) is 11.6 Å². The summed E-state index contributed by atoms with van der Waals surface area (Å²) in [7, 11) is 0. The maximum atomic E-state index is 13.7. The molecule has 0 atom stereocenters. The van der Waals surface area contributed by atoms with E-state index in [1.807, 2.05) is 10.3 Å². The van der Waals surface area contributed by atoms with Crippen LogP contribution >= 0.6 is 11.5 Å². The minimum Gasteiger partial charge on any atom is -0.363 e. The molecule has 3 rings (SSSR count). The zero-order valence-corrected chi connectivity index (χ0v) is 9.68. The van der Waals surface area contributed by atoms with Crippen molar-refractivity contribution in [3.05, 3.63) is 40.4 Å². The fourth-order valence-corrected chi connectivity index (χ4v) is 2.57. The van der Waals surface area contributed by atoms with Crippen LogP contribution in [0.4, 0.5) is 14.5 Å². The molecule has 1 aliphatic heterocycles. The number of hydrogen-bond acceptors (Lipinski definition) is 4. The van der Waals surface area contributed by atoms with Gasteiger partial charge >= 0.3 is 0 Å². The van der Waals surface area contributed by atoms with Gasteiger partial charge in [0.25, 0.3) is 0 Å². The molecule has 1 aromatic carbocycles. The minimum atomic E-state index is -0.373. The molecular weight excluding hydrogens is 244 g/mol. The minimum absolute atomic E-state index is 0.333. The Kier molecular flexibility index (Phi) is 2.51. The molecule has 0 unspecified atom stereocenters. The molecular formula is C11H9F2N3S. The van der Waals surface area contributed by atoms with Gasteiger partial charge in [0.1, 0.15) is 11.6 Å². The molecule has 3 nitrogen and oxygen atoms in total. The van der Waals surface area contributed by atoms with E-state index in [1.165, 1.54) is 23.7 Å². The zero-order valence-electron chi connectivity index (χ0n) is 8.86. The molecule has 0 amide bonds. The normalized spacial score (nSPS) is 14.1. The standard InChI is InChI=1S/C11H9F2N3S/c12-9-1-2-10(13)11-8(9)3-4-16(11)5-7-6-17-15-14-7/h1-2,6H,3-5H2. The van der Waals surface area contributed by atoms with Crippen molar-refractivity contribution in [3.8, 4) is 0 Å². The average molecular weight is 253 g/mol. The summed E-state index contributed by atoms with van der Waals surface area (Å²) in [6, 6.07) is 2.36. The quantitative estimate of drug-likeness (QED) is 0.822. The number of nitrogens with zero attached hydrogens (tertiary/aromatic N) is 3. The number of aromatic nitrogens is 2. The van der Waals surface area contributed by atoms with Crippen LogP contribution in [0.15, 0.2) is 17.5 Å². The zero-order chi connectivity index (χ0) is 11.8. The second kappa shape index (κ2) is 4.03. The lowest BCUT2D eigenvalue weighted by molar-refractivity contribution is 0.593. The van der Waals surface area contributed by atoms with E-state index in [2.05, 4.69) is 9.59 Å². The lowest BCUT2D eigenvalue weighted by Crippen LogP contribution is -2.20. The summed E-state index contributed by atoms with van der Waals surface area (Å²) in [5, 5.41) is 5.73. The topological polar surface area (TPSA) is 29.0 Å². The number of halogens is 2. The number of anilines is 1. The molecule has 0 aliphatic carbocycles. The Balaban J connectivity index is 1.95. The van der Waals surface area contributed by atoms with Crippen molar-refractivity contribution in [2.75, 3.05) is 11.4 Å². The van der Waals surface area contributed by atoms with Crippen LogP contribution in [0.2, 0.25) is 0 Å². The van der Waals surface area contributed by atoms with E-state index in [1.54, 1.807) is 0 Å². The first-order chi connectivity index (χ1) is 8.25. The highest BCUT2D eigenvalue weighted by atomic mass is 32.1. The van der Waals surface area contributed by atoms with Crippen molar-refractivity contribution in [2.45, 2.75) is 13.0 Å². The summed E-state index contributed by atoms with van der Waals surface area (Å²) in [6.07, 6.45) is 0.538. The van der Waals surface area contributed by atoms with Gasteiger partial charge in [0.15, 0.2) is 0 Å². The maximum Gasteiger partial charge on any atom is 0.146 e. The van der Waals surface area contributed by atoms with E-state index < -0.39 is 0 Å². The smallest absolute Gasteiger partial charge is 0.146 e. The summed E-state index contributed by atoms with van der Waals surface area (Å²) in [6.45, 7) is 1.09. The van der Waals surface area contributed by atoms with Crippen molar-refractivity contribution in [2.24, 2.45) is 0 Å². The molecule has 0 fully saturated rings. The van der Waals surface area contributed by atoms with E-state index in [0.717, 1.165) is 5.69 Å². The Morgan fingerprint density at radius 1 is 1.29 bits per heavy atom. The molecule has 0 radical (unpaired) electrons. The van der Waals surface area contributed by atoms with E-state index in [9.17, 15) is 8.78 Å². The summed E-state index contributed by atoms with van der Waals surface area (Å²) in [5.41, 5.74) is 1.62. The molecule has 6 heteroatoms. The van der Waals surface area contributed by atoms with Crippen LogP contribution in [-0.2, 0) is 13.0 Å². The SMILES string of the molecule is Fc1ccc(F)c2c1CCN2Cc1csnn1. The molecule has 1 aromatic heterocycles. The summed E-state index contributed by atoms with van der Waals surface area (Å²) in [5.74, 6) is -0.706. The Morgan fingerprint density at radius 2 is 2.12 bits per heavy atom. The van der Waals surface area contributed by atoms with Crippen LogP contribution in [0.3, 0.4) is 0 Å². The fourth-order valence-electron chi connectivity index (χ4n) is 2.13. The number of benzene rings is 1. The predicted octanol–water partition coefficient (Wildman–Crippen LogP) is 2.38. The van der Waals surface area contributed by atoms with Gasteiger partial charge in [-0.15, -0.1) is 5.10 Å². The van der Waals surface area contributed by atoms with E-state index in [4.69, 9.17) is 0 Å². The first kappa shape index (κ1) is 10.6. The van der Waals surface area contributed by atoms with Crippen molar-refractivity contribution < 1.29 is 8.78 Å². The van der Waals surface area contributed by atoms with Gasteiger partial charge in [-0.1, -0.05) is 4.49 Å². The Hall–Kier alpha value is -1.56. The molecule has 0 N–H and O–H groups in total. The van der Waals surface area contributed by atoms with Gasteiger partial charge in [-0.3, -0.25) is 0 Å². The highest BCUT2D eigenvalue weighted by Crippen LogP contribution is 2.33. The summed E-state index contributed by atoms with van der Waals surface area (Å²) < 4.78 is 31.0. The van der Waals surface area contributed by atoms with E-state index in [0.29, 0.717) is 30.8 Å². The molecule has 0 saturated carbocycles. The highest BCUT2D eigenvalue weighted by Gasteiger charge is 2.26. The number of hydrogen-bond donors (Lipinski definition) is 0. The molecule has 2 heterocycles. The van der Waals surface area contributed by atoms with Crippen LogP contribution < -0.4 is 4.90 Å². The monoisotopic (exact) mass is 253 g/mol. The van der Waals surface area contributed by atoms with Crippen LogP contribution in [0, 0.1) is 11.6 Å². The van der Waals surface area contributed by atoms with Crippen LogP contribution in [0.25, 0.3) is 0 Å².